The molecule has 0 spiro atoms. The highest BCUT2D eigenvalue weighted by Gasteiger charge is 2.33. The van der Waals surface area contributed by atoms with E-state index in [0.29, 0.717) is 10.6 Å². The third-order valence-electron chi connectivity index (χ3n) is 3.36. The van der Waals surface area contributed by atoms with Crippen molar-refractivity contribution >= 4 is 10.2 Å². The maximum absolute atomic E-state index is 5.96. The highest BCUT2D eigenvalue weighted by atomic mass is 28.1. The molecule has 78 valence electrons. The maximum atomic E-state index is 5.96. The molecule has 1 rings (SSSR count). The first-order valence-electron chi connectivity index (χ1n) is 5.61. The Bertz CT molecular complexity index is 159. The summed E-state index contributed by atoms with van der Waals surface area (Å²) in [5.74, 6) is 0. The largest absolute Gasteiger partial charge is 0.380 e. The third kappa shape index (κ3) is 3.43. The molecule has 1 unspecified atom stereocenters. The number of hydrogen-bond acceptors (Lipinski definition) is 1. The van der Waals surface area contributed by atoms with Gasteiger partial charge in [-0.25, -0.2) is 0 Å². The molecule has 1 aliphatic rings. The van der Waals surface area contributed by atoms with Crippen molar-refractivity contribution in [3.63, 3.8) is 0 Å². The zero-order valence-electron chi connectivity index (χ0n) is 9.65. The molecule has 1 fully saturated rings. The Balaban J connectivity index is 2.49. The summed E-state index contributed by atoms with van der Waals surface area (Å²) in [6, 6.07) is 0. The second-order valence-corrected chi connectivity index (χ2v) is 7.27. The molecule has 1 heterocycles. The summed E-state index contributed by atoms with van der Waals surface area (Å²) >= 11 is 0. The van der Waals surface area contributed by atoms with Gasteiger partial charge in [-0.1, -0.05) is 27.2 Å². The average molecular weight is 200 g/mol. The van der Waals surface area contributed by atoms with E-state index in [0.717, 1.165) is 6.61 Å². The lowest BCUT2D eigenvalue weighted by Crippen LogP contribution is -2.40. The van der Waals surface area contributed by atoms with Crippen LogP contribution in [0.4, 0.5) is 0 Å². The minimum Gasteiger partial charge on any atom is -0.380 e. The lowest BCUT2D eigenvalue weighted by Gasteiger charge is -2.40. The zero-order chi connectivity index (χ0) is 9.95. The second-order valence-electron chi connectivity index (χ2n) is 5.45. The molecule has 1 nitrogen and oxygen atoms in total. The van der Waals surface area contributed by atoms with Crippen LogP contribution in [-0.4, -0.2) is 22.1 Å². The van der Waals surface area contributed by atoms with E-state index in [1.807, 2.05) is 0 Å². The van der Waals surface area contributed by atoms with Crippen molar-refractivity contribution in [2.24, 2.45) is 5.41 Å². The van der Waals surface area contributed by atoms with E-state index in [1.54, 1.807) is 0 Å². The van der Waals surface area contributed by atoms with Gasteiger partial charge in [0.05, 0.1) is 0 Å². The highest BCUT2D eigenvalue weighted by molar-refractivity contribution is 6.14. The quantitative estimate of drug-likeness (QED) is 0.634. The standard InChI is InChI=1S/C11H24OSi/c1-4-10(2,3)9-11(13)7-5-6-8-12-11/h4-9H2,1-3,13H3. The van der Waals surface area contributed by atoms with E-state index in [1.165, 1.54) is 42.3 Å². The number of hydrogen-bond donors (Lipinski definition) is 0. The lowest BCUT2D eigenvalue weighted by molar-refractivity contribution is -0.0432. The fourth-order valence-corrected chi connectivity index (χ4v) is 3.78. The van der Waals surface area contributed by atoms with Crippen molar-refractivity contribution in [3.05, 3.63) is 0 Å². The van der Waals surface area contributed by atoms with Crippen LogP contribution in [0.2, 0.25) is 0 Å². The summed E-state index contributed by atoms with van der Waals surface area (Å²) in [6.45, 7) is 8.02. The van der Waals surface area contributed by atoms with Gasteiger partial charge in [-0.15, -0.1) is 0 Å². The van der Waals surface area contributed by atoms with Gasteiger partial charge in [0, 0.05) is 22.1 Å². The van der Waals surface area contributed by atoms with Crippen molar-refractivity contribution in [1.82, 2.24) is 0 Å². The van der Waals surface area contributed by atoms with E-state index in [9.17, 15) is 0 Å². The first-order valence-corrected chi connectivity index (χ1v) is 6.61. The van der Waals surface area contributed by atoms with Gasteiger partial charge in [-0.05, 0) is 31.1 Å². The Hall–Kier alpha value is 0.177. The third-order valence-corrected chi connectivity index (χ3v) is 4.50. The van der Waals surface area contributed by atoms with E-state index in [2.05, 4.69) is 20.8 Å². The first-order chi connectivity index (χ1) is 5.97. The van der Waals surface area contributed by atoms with E-state index in [-0.39, 0.29) is 0 Å². The number of ether oxygens (including phenoxy) is 1. The van der Waals surface area contributed by atoms with Crippen molar-refractivity contribution in [1.29, 1.82) is 0 Å². The fourth-order valence-electron chi connectivity index (χ4n) is 2.27. The molecule has 0 radical (unpaired) electrons. The lowest BCUT2D eigenvalue weighted by atomic mass is 9.82. The molecule has 0 saturated carbocycles. The molecular weight excluding hydrogens is 176 g/mol. The van der Waals surface area contributed by atoms with Gasteiger partial charge >= 0.3 is 0 Å². The number of rotatable bonds is 3. The van der Waals surface area contributed by atoms with Gasteiger partial charge in [0.2, 0.25) is 0 Å². The molecule has 0 amide bonds. The molecule has 0 aliphatic carbocycles. The predicted octanol–water partition coefficient (Wildman–Crippen LogP) is 2.07. The normalized spacial score (nSPS) is 30.7. The summed E-state index contributed by atoms with van der Waals surface area (Å²) in [5, 5.41) is 0.303. The smallest absolute Gasteiger partial charge is 0.0491 e. The van der Waals surface area contributed by atoms with Crippen LogP contribution in [0.5, 0.6) is 0 Å². The van der Waals surface area contributed by atoms with Crippen LogP contribution < -0.4 is 0 Å². The summed E-state index contributed by atoms with van der Waals surface area (Å²) in [5.41, 5.74) is 0.471. The van der Waals surface area contributed by atoms with E-state index >= 15 is 0 Å². The molecule has 0 aromatic carbocycles. The summed E-state index contributed by atoms with van der Waals surface area (Å²) in [4.78, 5) is 0. The highest BCUT2D eigenvalue weighted by Crippen LogP contribution is 2.36. The SMILES string of the molecule is CCC(C)(C)CC1([SiH3])CCCCO1. The minimum atomic E-state index is 0.303. The Labute approximate surface area is 85.7 Å². The summed E-state index contributed by atoms with van der Waals surface area (Å²) in [6.07, 6.45) is 6.49. The summed E-state index contributed by atoms with van der Waals surface area (Å²) in [7, 11) is 1.19. The van der Waals surface area contributed by atoms with Crippen LogP contribution in [0.25, 0.3) is 0 Å². The Morgan fingerprint density at radius 3 is 2.54 bits per heavy atom. The molecule has 0 bridgehead atoms. The van der Waals surface area contributed by atoms with Crippen molar-refractivity contribution < 1.29 is 4.74 Å². The predicted molar refractivity (Wildman–Crippen MR) is 61.2 cm³/mol. The van der Waals surface area contributed by atoms with Gasteiger partial charge in [-0.3, -0.25) is 0 Å². The molecule has 0 aromatic rings. The van der Waals surface area contributed by atoms with E-state index in [4.69, 9.17) is 4.74 Å². The fraction of sp³-hybridized carbons (Fsp3) is 1.00. The van der Waals surface area contributed by atoms with Crippen LogP contribution in [0.15, 0.2) is 0 Å². The van der Waals surface area contributed by atoms with Gasteiger partial charge in [0.1, 0.15) is 0 Å². The van der Waals surface area contributed by atoms with Gasteiger partial charge in [-0.2, -0.15) is 0 Å². The zero-order valence-corrected chi connectivity index (χ0v) is 11.7. The first kappa shape index (κ1) is 11.3. The molecule has 2 heteroatoms. The Morgan fingerprint density at radius 1 is 1.38 bits per heavy atom. The van der Waals surface area contributed by atoms with Gasteiger partial charge in [0.25, 0.3) is 0 Å². The Kier molecular flexibility index (Phi) is 3.58. The molecule has 13 heavy (non-hydrogen) atoms. The topological polar surface area (TPSA) is 9.23 Å². The molecule has 1 aliphatic heterocycles. The van der Waals surface area contributed by atoms with Crippen molar-refractivity contribution in [3.8, 4) is 0 Å². The van der Waals surface area contributed by atoms with Crippen molar-refractivity contribution in [2.75, 3.05) is 6.61 Å². The van der Waals surface area contributed by atoms with Gasteiger partial charge < -0.3 is 4.74 Å². The van der Waals surface area contributed by atoms with Crippen LogP contribution in [0, 0.1) is 5.41 Å². The monoisotopic (exact) mass is 200 g/mol. The van der Waals surface area contributed by atoms with Crippen LogP contribution in [0.1, 0.15) is 52.9 Å². The molecular formula is C11H24OSi. The van der Waals surface area contributed by atoms with E-state index < -0.39 is 0 Å². The van der Waals surface area contributed by atoms with Crippen LogP contribution in [0.3, 0.4) is 0 Å². The second kappa shape index (κ2) is 4.14. The van der Waals surface area contributed by atoms with Crippen LogP contribution in [-0.2, 0) is 4.74 Å². The van der Waals surface area contributed by atoms with Gasteiger partial charge in [0.15, 0.2) is 0 Å². The minimum absolute atomic E-state index is 0.303. The molecule has 1 saturated heterocycles. The van der Waals surface area contributed by atoms with Crippen LogP contribution >= 0.6 is 0 Å². The van der Waals surface area contributed by atoms with Crippen molar-refractivity contribution in [2.45, 2.75) is 58.1 Å². The molecule has 0 N–H and O–H groups in total. The molecule has 0 aromatic heterocycles. The Morgan fingerprint density at radius 2 is 2.08 bits per heavy atom. The average Bonchev–Trinajstić information content (AvgIpc) is 2.04. The maximum Gasteiger partial charge on any atom is 0.0491 e. The summed E-state index contributed by atoms with van der Waals surface area (Å²) < 4.78 is 5.96. The molecule has 1 atom stereocenters.